The summed E-state index contributed by atoms with van der Waals surface area (Å²) < 4.78 is 0. The lowest BCUT2D eigenvalue weighted by Gasteiger charge is -2.17. The fourth-order valence-corrected chi connectivity index (χ4v) is 3.52. The Kier molecular flexibility index (Phi) is 5.75. The fraction of sp³-hybridized carbons (Fsp3) is 0.105. The molecule has 2 aromatic carbocycles. The van der Waals surface area contributed by atoms with E-state index < -0.39 is 5.97 Å². The number of thioether (sulfide) groups is 1. The van der Waals surface area contributed by atoms with Gasteiger partial charge in [0.15, 0.2) is 5.17 Å². The summed E-state index contributed by atoms with van der Waals surface area (Å²) in [4.78, 5) is 29.6. The van der Waals surface area contributed by atoms with Crippen LogP contribution in [0, 0.1) is 0 Å². The van der Waals surface area contributed by atoms with Crippen molar-refractivity contribution >= 4 is 52.2 Å². The van der Waals surface area contributed by atoms with Gasteiger partial charge in [-0.1, -0.05) is 53.7 Å². The number of carboxylic acid groups (broad SMARTS) is 1. The van der Waals surface area contributed by atoms with Crippen molar-refractivity contribution in [3.05, 3.63) is 70.9 Å². The molecular formula is C19H15ClN2O3S. The van der Waals surface area contributed by atoms with Gasteiger partial charge in [0.2, 0.25) is 0 Å². The summed E-state index contributed by atoms with van der Waals surface area (Å²) in [5.74, 6) is -0.813. The van der Waals surface area contributed by atoms with Gasteiger partial charge in [0.05, 0.1) is 12.1 Å². The Morgan fingerprint density at radius 2 is 1.96 bits per heavy atom. The molecule has 7 heteroatoms. The van der Waals surface area contributed by atoms with Crippen LogP contribution in [0.3, 0.4) is 0 Å². The highest BCUT2D eigenvalue weighted by Crippen LogP contribution is 2.29. The van der Waals surface area contributed by atoms with Gasteiger partial charge in [-0.25, -0.2) is 4.99 Å². The maximum Gasteiger partial charge on any atom is 0.304 e. The number of halogens is 1. The molecule has 0 saturated heterocycles. The average Bonchev–Trinajstić information content (AvgIpc) is 2.91. The number of carboxylic acids is 1. The lowest BCUT2D eigenvalue weighted by atomic mass is 10.2. The van der Waals surface area contributed by atoms with Gasteiger partial charge >= 0.3 is 5.97 Å². The molecule has 0 fully saturated rings. The molecule has 1 heterocycles. The van der Waals surface area contributed by atoms with E-state index in [1.54, 1.807) is 24.3 Å². The number of hydrogen-bond acceptors (Lipinski definition) is 4. The van der Waals surface area contributed by atoms with Gasteiger partial charge in [-0.2, -0.15) is 0 Å². The van der Waals surface area contributed by atoms with E-state index >= 15 is 0 Å². The van der Waals surface area contributed by atoms with Gasteiger partial charge < -0.3 is 5.11 Å². The SMILES string of the molecule is O=C(O)CCSC1=N/C(=C\c2cccc(Cl)c2)C(=O)N1c1ccccc1. The number of rotatable bonds is 5. The quantitative estimate of drug-likeness (QED) is 0.778. The van der Waals surface area contributed by atoms with Gasteiger partial charge in [0.25, 0.3) is 5.91 Å². The molecule has 0 spiro atoms. The highest BCUT2D eigenvalue weighted by atomic mass is 35.5. The highest BCUT2D eigenvalue weighted by molar-refractivity contribution is 8.14. The monoisotopic (exact) mass is 386 g/mol. The molecule has 5 nitrogen and oxygen atoms in total. The molecule has 1 N–H and O–H groups in total. The Morgan fingerprint density at radius 1 is 1.19 bits per heavy atom. The van der Waals surface area contributed by atoms with Crippen LogP contribution in [-0.4, -0.2) is 27.9 Å². The summed E-state index contributed by atoms with van der Waals surface area (Å²) in [7, 11) is 0. The minimum Gasteiger partial charge on any atom is -0.481 e. The molecule has 0 atom stereocenters. The van der Waals surface area contributed by atoms with Gasteiger partial charge in [-0.3, -0.25) is 14.5 Å². The summed E-state index contributed by atoms with van der Waals surface area (Å²) in [6.45, 7) is 0. The molecule has 0 aliphatic carbocycles. The van der Waals surface area contributed by atoms with Crippen LogP contribution in [0.15, 0.2) is 65.3 Å². The van der Waals surface area contributed by atoms with Gasteiger partial charge in [-0.05, 0) is 35.9 Å². The Labute approximate surface area is 160 Å². The van der Waals surface area contributed by atoms with Crippen LogP contribution >= 0.6 is 23.4 Å². The Bertz CT molecular complexity index is 897. The summed E-state index contributed by atoms with van der Waals surface area (Å²) >= 11 is 7.24. The molecule has 1 aliphatic rings. The number of aliphatic imine (C=N–C) groups is 1. The number of aliphatic carboxylic acids is 1. The summed E-state index contributed by atoms with van der Waals surface area (Å²) in [5, 5.41) is 9.88. The smallest absolute Gasteiger partial charge is 0.304 e. The zero-order valence-corrected chi connectivity index (χ0v) is 15.2. The van der Waals surface area contributed by atoms with Gasteiger partial charge in [-0.15, -0.1) is 0 Å². The molecule has 2 aromatic rings. The molecule has 0 radical (unpaired) electrons. The largest absolute Gasteiger partial charge is 0.481 e. The number of benzene rings is 2. The van der Waals surface area contributed by atoms with Crippen LogP contribution in [-0.2, 0) is 9.59 Å². The molecule has 0 unspecified atom stereocenters. The van der Waals surface area contributed by atoms with E-state index in [9.17, 15) is 9.59 Å². The lowest BCUT2D eigenvalue weighted by molar-refractivity contribution is -0.136. The van der Waals surface area contributed by atoms with E-state index in [-0.39, 0.29) is 18.0 Å². The zero-order chi connectivity index (χ0) is 18.5. The standard InChI is InChI=1S/C19H15ClN2O3S/c20-14-6-4-5-13(11-14)12-16-18(25)22(15-7-2-1-3-8-15)19(21-16)26-10-9-17(23)24/h1-8,11-12H,9-10H2,(H,23,24)/b16-12-. The third-order valence-corrected chi connectivity index (χ3v) is 4.72. The topological polar surface area (TPSA) is 70.0 Å². The Morgan fingerprint density at radius 3 is 2.65 bits per heavy atom. The van der Waals surface area contributed by atoms with E-state index in [1.807, 2.05) is 36.4 Å². The van der Waals surface area contributed by atoms with Crippen LogP contribution < -0.4 is 4.90 Å². The molecule has 3 rings (SSSR count). The summed E-state index contributed by atoms with van der Waals surface area (Å²) in [6.07, 6.45) is 1.67. The lowest BCUT2D eigenvalue weighted by Crippen LogP contribution is -2.30. The number of nitrogens with zero attached hydrogens (tertiary/aromatic N) is 2. The number of para-hydroxylation sites is 1. The molecule has 132 valence electrons. The van der Waals surface area contributed by atoms with Gasteiger partial charge in [0, 0.05) is 10.8 Å². The van der Waals surface area contributed by atoms with E-state index in [1.165, 1.54) is 16.7 Å². The van der Waals surface area contributed by atoms with E-state index in [4.69, 9.17) is 16.7 Å². The van der Waals surface area contributed by atoms with Crippen LogP contribution in [0.5, 0.6) is 0 Å². The first kappa shape index (κ1) is 18.2. The van der Waals surface area contributed by atoms with Crippen LogP contribution in [0.2, 0.25) is 5.02 Å². The van der Waals surface area contributed by atoms with E-state index in [0.29, 0.717) is 21.6 Å². The summed E-state index contributed by atoms with van der Waals surface area (Å²) in [6, 6.07) is 16.3. The van der Waals surface area contributed by atoms with Crippen LogP contribution in [0.25, 0.3) is 6.08 Å². The molecule has 0 saturated carbocycles. The zero-order valence-electron chi connectivity index (χ0n) is 13.6. The minimum absolute atomic E-state index is 0.00610. The molecule has 1 amide bonds. The number of carbonyl (C=O) groups excluding carboxylic acids is 1. The normalized spacial score (nSPS) is 15.4. The first-order valence-corrected chi connectivity index (χ1v) is 9.21. The maximum absolute atomic E-state index is 12.9. The second-order valence-corrected chi connectivity index (χ2v) is 6.95. The number of hydrogen-bond donors (Lipinski definition) is 1. The van der Waals surface area contributed by atoms with Crippen molar-refractivity contribution in [1.29, 1.82) is 0 Å². The predicted molar refractivity (Wildman–Crippen MR) is 106 cm³/mol. The Hall–Kier alpha value is -2.57. The minimum atomic E-state index is -0.886. The highest BCUT2D eigenvalue weighted by Gasteiger charge is 2.31. The number of carbonyl (C=O) groups is 2. The number of amides is 1. The second-order valence-electron chi connectivity index (χ2n) is 5.45. The molecular weight excluding hydrogens is 372 g/mol. The summed E-state index contributed by atoms with van der Waals surface area (Å²) in [5.41, 5.74) is 1.75. The van der Waals surface area contributed by atoms with E-state index in [0.717, 1.165) is 5.56 Å². The second kappa shape index (κ2) is 8.21. The van der Waals surface area contributed by atoms with Crippen molar-refractivity contribution in [3.8, 4) is 0 Å². The van der Waals surface area contributed by atoms with Crippen molar-refractivity contribution in [3.63, 3.8) is 0 Å². The van der Waals surface area contributed by atoms with Crippen molar-refractivity contribution in [2.45, 2.75) is 6.42 Å². The third-order valence-electron chi connectivity index (χ3n) is 3.54. The van der Waals surface area contributed by atoms with E-state index in [2.05, 4.69) is 4.99 Å². The predicted octanol–water partition coefficient (Wildman–Crippen LogP) is 4.29. The number of anilines is 1. The Balaban J connectivity index is 1.92. The molecule has 1 aliphatic heterocycles. The molecule has 26 heavy (non-hydrogen) atoms. The average molecular weight is 387 g/mol. The van der Waals surface area contributed by atoms with Crippen LogP contribution in [0.1, 0.15) is 12.0 Å². The third kappa shape index (κ3) is 4.33. The van der Waals surface area contributed by atoms with Crippen molar-refractivity contribution in [1.82, 2.24) is 0 Å². The van der Waals surface area contributed by atoms with Gasteiger partial charge in [0.1, 0.15) is 5.70 Å². The first-order chi connectivity index (χ1) is 12.5. The molecule has 0 aromatic heterocycles. The van der Waals surface area contributed by atoms with Crippen LogP contribution in [0.4, 0.5) is 5.69 Å². The first-order valence-electron chi connectivity index (χ1n) is 7.84. The van der Waals surface area contributed by atoms with Crippen molar-refractivity contribution in [2.24, 2.45) is 4.99 Å². The maximum atomic E-state index is 12.9. The van der Waals surface area contributed by atoms with Crippen molar-refractivity contribution < 1.29 is 14.7 Å². The fourth-order valence-electron chi connectivity index (χ4n) is 2.38. The number of amidine groups is 1. The van der Waals surface area contributed by atoms with Crippen molar-refractivity contribution in [2.75, 3.05) is 10.7 Å². The molecule has 0 bridgehead atoms.